The van der Waals surface area contributed by atoms with Gasteiger partial charge in [-0.15, -0.1) is 0 Å². The van der Waals surface area contributed by atoms with Gasteiger partial charge in [0, 0.05) is 11.1 Å². The van der Waals surface area contributed by atoms with Crippen molar-refractivity contribution in [2.45, 2.75) is 18.6 Å². The van der Waals surface area contributed by atoms with Crippen LogP contribution in [-0.4, -0.2) is 47.3 Å². The average Bonchev–Trinajstić information content (AvgIpc) is 3.82. The maximum atomic E-state index is 14.4. The van der Waals surface area contributed by atoms with Crippen LogP contribution in [0.4, 0.5) is 20.2 Å². The van der Waals surface area contributed by atoms with Crippen LogP contribution in [0.25, 0.3) is 0 Å². The summed E-state index contributed by atoms with van der Waals surface area (Å²) in [6.07, 6.45) is -1.84. The number of amides is 4. The number of carbonyl (C=O) groups is 4. The minimum atomic E-state index is -1.16. The Morgan fingerprint density at radius 2 is 0.915 bits per heavy atom. The number of carbonyl (C=O) groups excluding carboxylic acids is 4. The lowest BCUT2D eigenvalue weighted by Crippen LogP contribution is -2.33. The van der Waals surface area contributed by atoms with E-state index < -0.39 is 59.3 Å². The first-order valence-corrected chi connectivity index (χ1v) is 14.7. The maximum Gasteiger partial charge on any atom is 0.278 e. The molecule has 4 aromatic carbocycles. The number of nitrogens with zero attached hydrogens (tertiary/aromatic N) is 4. The lowest BCUT2D eigenvalue weighted by molar-refractivity contribution is -0.127. The fourth-order valence-electron chi connectivity index (χ4n) is 6.41. The minimum Gasteiger partial charge on any atom is -0.381 e. The zero-order valence-electron chi connectivity index (χ0n) is 24.2. The largest absolute Gasteiger partial charge is 0.381 e. The fraction of sp³-hybridized carbons (Fsp3) is 0.143. The third-order valence-corrected chi connectivity index (χ3v) is 8.72. The molecule has 4 amide bonds. The van der Waals surface area contributed by atoms with Crippen LogP contribution in [0.3, 0.4) is 0 Å². The summed E-state index contributed by atoms with van der Waals surface area (Å²) in [6.45, 7) is 0. The van der Waals surface area contributed by atoms with Crippen molar-refractivity contribution in [2.24, 2.45) is 22.1 Å². The summed E-state index contributed by atoms with van der Waals surface area (Å²) in [6, 6.07) is 25.5. The molecule has 2 saturated heterocycles. The molecule has 0 radical (unpaired) electrons. The van der Waals surface area contributed by atoms with Gasteiger partial charge in [-0.05, 0) is 53.9 Å². The van der Waals surface area contributed by atoms with Gasteiger partial charge in [-0.1, -0.05) is 71.0 Å². The molecule has 0 N–H and O–H groups in total. The van der Waals surface area contributed by atoms with E-state index in [1.165, 1.54) is 36.4 Å². The van der Waals surface area contributed by atoms with E-state index in [0.717, 1.165) is 20.9 Å². The molecular weight excluding hydrogens is 610 g/mol. The van der Waals surface area contributed by atoms with Gasteiger partial charge in [-0.2, -0.15) is 0 Å². The van der Waals surface area contributed by atoms with Crippen molar-refractivity contribution < 1.29 is 37.6 Å². The predicted octanol–water partition coefficient (Wildman–Crippen LogP) is 4.14. The molecule has 0 saturated carbocycles. The van der Waals surface area contributed by atoms with E-state index in [1.807, 2.05) is 0 Å². The Morgan fingerprint density at radius 3 is 1.30 bits per heavy atom. The second-order valence-electron chi connectivity index (χ2n) is 11.5. The molecule has 4 aliphatic rings. The van der Waals surface area contributed by atoms with Gasteiger partial charge in [-0.25, -0.2) is 18.6 Å². The van der Waals surface area contributed by atoms with Crippen molar-refractivity contribution in [2.75, 3.05) is 9.80 Å². The smallest absolute Gasteiger partial charge is 0.278 e. The lowest BCUT2D eigenvalue weighted by Gasteiger charge is -2.17. The first-order valence-electron chi connectivity index (χ1n) is 14.7. The van der Waals surface area contributed by atoms with Gasteiger partial charge < -0.3 is 9.68 Å². The van der Waals surface area contributed by atoms with Crippen LogP contribution >= 0.6 is 0 Å². The van der Waals surface area contributed by atoms with Gasteiger partial charge in [0.15, 0.2) is 0 Å². The zero-order chi connectivity index (χ0) is 32.4. The van der Waals surface area contributed by atoms with E-state index in [4.69, 9.17) is 9.68 Å². The van der Waals surface area contributed by atoms with E-state index in [1.54, 1.807) is 60.7 Å². The number of anilines is 2. The summed E-state index contributed by atoms with van der Waals surface area (Å²) < 4.78 is 28.9. The summed E-state index contributed by atoms with van der Waals surface area (Å²) in [5, 5.41) is 7.71. The second-order valence-corrected chi connectivity index (χ2v) is 11.5. The average molecular weight is 633 g/mol. The zero-order valence-corrected chi connectivity index (χ0v) is 24.2. The summed E-state index contributed by atoms with van der Waals surface area (Å²) >= 11 is 0. The topological polar surface area (TPSA) is 118 Å². The summed E-state index contributed by atoms with van der Waals surface area (Å²) in [4.78, 5) is 65.6. The molecule has 12 heteroatoms. The van der Waals surface area contributed by atoms with Crippen molar-refractivity contribution in [3.8, 4) is 0 Å². The standard InChI is InChI=1S/C35H22F2N4O6/c36-24-7-3-1-5-22(24)28-26-30(46-38-28)34(44)40(32(26)42)20-13-9-18(10-14-20)17-19-11-15-21(16-12-19)41-33(43)27-29(39-47-31(27)35(41)45)23-6-2-4-8-25(23)37/h1-16,26-27,30-31H,17H2. The molecule has 4 aromatic rings. The molecule has 8 rings (SSSR count). The first kappa shape index (κ1) is 28.4. The number of imide groups is 2. The summed E-state index contributed by atoms with van der Waals surface area (Å²) in [5.74, 6) is -5.47. The Hall–Kier alpha value is -6.04. The molecule has 4 aliphatic heterocycles. The van der Waals surface area contributed by atoms with Crippen molar-refractivity contribution in [3.05, 3.63) is 131 Å². The van der Waals surface area contributed by atoms with E-state index in [2.05, 4.69) is 10.3 Å². The highest BCUT2D eigenvalue weighted by molar-refractivity contribution is 6.33. The van der Waals surface area contributed by atoms with Crippen molar-refractivity contribution in [3.63, 3.8) is 0 Å². The third-order valence-electron chi connectivity index (χ3n) is 8.72. The number of fused-ring (bicyclic) bond motifs is 2. The molecule has 0 aromatic heterocycles. The van der Waals surface area contributed by atoms with Crippen molar-refractivity contribution in [1.82, 2.24) is 0 Å². The normalized spacial score (nSPS) is 23.0. The Labute approximate surface area is 265 Å². The van der Waals surface area contributed by atoms with E-state index in [9.17, 15) is 28.0 Å². The molecule has 2 fully saturated rings. The molecule has 4 heterocycles. The Kier molecular flexibility index (Phi) is 6.53. The van der Waals surface area contributed by atoms with Crippen LogP contribution in [-0.2, 0) is 35.3 Å². The number of halogens is 2. The highest BCUT2D eigenvalue weighted by Crippen LogP contribution is 2.37. The van der Waals surface area contributed by atoms with Gasteiger partial charge in [0.25, 0.3) is 11.8 Å². The molecule has 4 atom stereocenters. The van der Waals surface area contributed by atoms with Crippen molar-refractivity contribution >= 4 is 46.4 Å². The summed E-state index contributed by atoms with van der Waals surface area (Å²) in [5.41, 5.74) is 2.83. The highest BCUT2D eigenvalue weighted by atomic mass is 19.1. The quantitative estimate of drug-likeness (QED) is 0.295. The highest BCUT2D eigenvalue weighted by Gasteiger charge is 2.57. The Morgan fingerprint density at radius 1 is 0.532 bits per heavy atom. The minimum absolute atomic E-state index is 0.0840. The van der Waals surface area contributed by atoms with Crippen LogP contribution in [0.2, 0.25) is 0 Å². The fourth-order valence-corrected chi connectivity index (χ4v) is 6.41. The van der Waals surface area contributed by atoms with E-state index >= 15 is 0 Å². The van der Waals surface area contributed by atoms with E-state index in [0.29, 0.717) is 17.8 Å². The summed E-state index contributed by atoms with van der Waals surface area (Å²) in [7, 11) is 0. The Balaban J connectivity index is 0.958. The molecule has 10 nitrogen and oxygen atoms in total. The van der Waals surface area contributed by atoms with Gasteiger partial charge in [0.05, 0.1) is 11.4 Å². The number of hydrogen-bond donors (Lipinski definition) is 0. The molecule has 0 aliphatic carbocycles. The Bertz CT molecular complexity index is 1920. The van der Waals surface area contributed by atoms with Crippen LogP contribution < -0.4 is 9.80 Å². The van der Waals surface area contributed by atoms with Crippen LogP contribution in [0.1, 0.15) is 22.3 Å². The number of rotatable bonds is 6. The monoisotopic (exact) mass is 632 g/mol. The van der Waals surface area contributed by atoms with Gasteiger partial charge in [-0.3, -0.25) is 19.2 Å². The lowest BCUT2D eigenvalue weighted by atomic mass is 9.94. The van der Waals surface area contributed by atoms with Crippen molar-refractivity contribution in [1.29, 1.82) is 0 Å². The molecular formula is C35H22F2N4O6. The molecule has 0 spiro atoms. The van der Waals surface area contributed by atoms with E-state index in [-0.39, 0.29) is 22.6 Å². The van der Waals surface area contributed by atoms with Gasteiger partial charge >= 0.3 is 0 Å². The van der Waals surface area contributed by atoms with Crippen LogP contribution in [0, 0.1) is 23.5 Å². The SMILES string of the molecule is O=C1C2ON=C(c3ccccc3F)C2C(=O)N1c1ccc(Cc2ccc(N3C(=O)C4ON=C(c5ccccc5F)C4C3=O)cc2)cc1. The van der Waals surface area contributed by atoms with Crippen LogP contribution in [0.15, 0.2) is 107 Å². The molecule has 4 unspecified atom stereocenters. The number of oxime groups is 2. The second kappa shape index (κ2) is 10.8. The predicted molar refractivity (Wildman–Crippen MR) is 163 cm³/mol. The first-order chi connectivity index (χ1) is 22.8. The van der Waals surface area contributed by atoms with Gasteiger partial charge in [0.1, 0.15) is 34.9 Å². The number of hydrogen-bond acceptors (Lipinski definition) is 8. The maximum absolute atomic E-state index is 14.4. The third kappa shape index (κ3) is 4.43. The molecule has 0 bridgehead atoms. The van der Waals surface area contributed by atoms with Crippen LogP contribution in [0.5, 0.6) is 0 Å². The molecule has 232 valence electrons. The molecule has 47 heavy (non-hydrogen) atoms. The number of benzene rings is 4. The van der Waals surface area contributed by atoms with Gasteiger partial charge in [0.2, 0.25) is 24.0 Å².